The van der Waals surface area contributed by atoms with E-state index in [1.807, 2.05) is 0 Å². The van der Waals surface area contributed by atoms with Crippen molar-refractivity contribution in [3.63, 3.8) is 0 Å². The Morgan fingerprint density at radius 2 is 1.93 bits per heavy atom. The molecule has 0 aromatic rings. The summed E-state index contributed by atoms with van der Waals surface area (Å²) < 4.78 is 0. The van der Waals surface area contributed by atoms with E-state index in [0.717, 1.165) is 12.3 Å². The van der Waals surface area contributed by atoms with E-state index in [1.54, 1.807) is 0 Å². The van der Waals surface area contributed by atoms with E-state index >= 15 is 0 Å². The zero-order chi connectivity index (χ0) is 11.3. The predicted molar refractivity (Wildman–Crippen MR) is 65.7 cm³/mol. The van der Waals surface area contributed by atoms with E-state index < -0.39 is 0 Å². The summed E-state index contributed by atoms with van der Waals surface area (Å²) >= 11 is 0. The summed E-state index contributed by atoms with van der Waals surface area (Å²) in [7, 11) is 0. The van der Waals surface area contributed by atoms with Crippen molar-refractivity contribution >= 4 is 5.84 Å². The Kier molecular flexibility index (Phi) is 4.58. The molecule has 0 heterocycles. The fourth-order valence-corrected chi connectivity index (χ4v) is 1.97. The second-order valence-corrected chi connectivity index (χ2v) is 5.15. The molecule has 88 valence electrons. The molecule has 0 aliphatic heterocycles. The molecule has 3 N–H and O–H groups in total. The van der Waals surface area contributed by atoms with E-state index in [2.05, 4.69) is 26.2 Å². The summed E-state index contributed by atoms with van der Waals surface area (Å²) in [6.07, 6.45) is 7.52. The molecule has 0 amide bonds. The van der Waals surface area contributed by atoms with Gasteiger partial charge < -0.3 is 5.43 Å². The summed E-state index contributed by atoms with van der Waals surface area (Å²) in [5.74, 6) is 6.54. The van der Waals surface area contributed by atoms with Crippen LogP contribution >= 0.6 is 0 Å². The molecule has 15 heavy (non-hydrogen) atoms. The van der Waals surface area contributed by atoms with Crippen molar-refractivity contribution in [1.82, 2.24) is 5.43 Å². The molecule has 1 saturated carbocycles. The minimum atomic E-state index is 0.0756. The van der Waals surface area contributed by atoms with Crippen molar-refractivity contribution in [2.24, 2.45) is 16.3 Å². The number of hydrazine groups is 1. The molecule has 1 aliphatic rings. The van der Waals surface area contributed by atoms with E-state index in [4.69, 9.17) is 10.8 Å². The highest BCUT2D eigenvalue weighted by atomic mass is 15.3. The lowest BCUT2D eigenvalue weighted by molar-refractivity contribution is 0.427. The van der Waals surface area contributed by atoms with Crippen molar-refractivity contribution in [2.75, 3.05) is 0 Å². The summed E-state index contributed by atoms with van der Waals surface area (Å²) in [4.78, 5) is 4.78. The topological polar surface area (TPSA) is 50.4 Å². The zero-order valence-electron chi connectivity index (χ0n) is 10.3. The third kappa shape index (κ3) is 3.49. The van der Waals surface area contributed by atoms with Gasteiger partial charge in [0.15, 0.2) is 0 Å². The summed E-state index contributed by atoms with van der Waals surface area (Å²) in [5, 5.41) is 0. The maximum absolute atomic E-state index is 5.57. The standard InChI is InChI=1S/C12H25N3/c1-4-12(2,3)11(15-13)14-10-8-6-5-7-9-10/h10H,4-9,13H2,1-3H3,(H,14,15). The minimum Gasteiger partial charge on any atom is -0.312 e. The van der Waals surface area contributed by atoms with Crippen LogP contribution in [0.4, 0.5) is 0 Å². The SMILES string of the molecule is CCC(C)(C)C(=NC1CCCCC1)NN. The Hall–Kier alpha value is -0.570. The van der Waals surface area contributed by atoms with Gasteiger partial charge in [-0.3, -0.25) is 4.99 Å². The number of nitrogens with zero attached hydrogens (tertiary/aromatic N) is 1. The second-order valence-electron chi connectivity index (χ2n) is 5.15. The van der Waals surface area contributed by atoms with E-state index in [9.17, 15) is 0 Å². The summed E-state index contributed by atoms with van der Waals surface area (Å²) in [6.45, 7) is 6.55. The molecule has 0 unspecified atom stereocenters. The lowest BCUT2D eigenvalue weighted by Crippen LogP contribution is -2.42. The van der Waals surface area contributed by atoms with Gasteiger partial charge in [0, 0.05) is 5.41 Å². The molecule has 0 radical (unpaired) electrons. The molecule has 0 aromatic heterocycles. The van der Waals surface area contributed by atoms with Gasteiger partial charge in [0.05, 0.1) is 6.04 Å². The summed E-state index contributed by atoms with van der Waals surface area (Å²) in [5.41, 5.74) is 2.87. The lowest BCUT2D eigenvalue weighted by atomic mass is 9.88. The molecule has 0 aromatic carbocycles. The first-order valence-corrected chi connectivity index (χ1v) is 6.15. The van der Waals surface area contributed by atoms with Crippen LogP contribution in [0.5, 0.6) is 0 Å². The highest BCUT2D eigenvalue weighted by molar-refractivity contribution is 5.87. The first-order chi connectivity index (χ1) is 7.10. The number of hydrogen-bond acceptors (Lipinski definition) is 2. The molecule has 3 nitrogen and oxygen atoms in total. The van der Waals surface area contributed by atoms with Gasteiger partial charge in [-0.25, -0.2) is 5.84 Å². The van der Waals surface area contributed by atoms with Gasteiger partial charge >= 0.3 is 0 Å². The number of hydrogen-bond donors (Lipinski definition) is 2. The first-order valence-electron chi connectivity index (χ1n) is 6.15. The molecular weight excluding hydrogens is 186 g/mol. The van der Waals surface area contributed by atoms with Crippen LogP contribution in [-0.4, -0.2) is 11.9 Å². The van der Waals surface area contributed by atoms with Gasteiger partial charge in [-0.1, -0.05) is 40.0 Å². The van der Waals surface area contributed by atoms with Crippen LogP contribution in [0.2, 0.25) is 0 Å². The zero-order valence-corrected chi connectivity index (χ0v) is 10.3. The third-order valence-electron chi connectivity index (χ3n) is 3.55. The van der Waals surface area contributed by atoms with Gasteiger partial charge in [0.2, 0.25) is 0 Å². The molecule has 1 rings (SSSR count). The Bertz CT molecular complexity index is 215. The van der Waals surface area contributed by atoms with E-state index in [0.29, 0.717) is 6.04 Å². The van der Waals surface area contributed by atoms with E-state index in [1.165, 1.54) is 32.1 Å². The molecular formula is C12H25N3. The summed E-state index contributed by atoms with van der Waals surface area (Å²) in [6, 6.07) is 0.496. The monoisotopic (exact) mass is 211 g/mol. The molecule has 0 saturated heterocycles. The number of rotatable bonds is 3. The predicted octanol–water partition coefficient (Wildman–Crippen LogP) is 2.62. The Labute approximate surface area is 93.5 Å². The molecule has 0 bridgehead atoms. The number of nitrogens with one attached hydrogen (secondary N) is 1. The largest absolute Gasteiger partial charge is 0.312 e. The molecule has 1 aliphatic carbocycles. The molecule has 3 heteroatoms. The van der Waals surface area contributed by atoms with Crippen LogP contribution in [0.3, 0.4) is 0 Å². The van der Waals surface area contributed by atoms with Gasteiger partial charge in [0.1, 0.15) is 5.84 Å². The molecule has 0 spiro atoms. The van der Waals surface area contributed by atoms with Crippen molar-refractivity contribution in [2.45, 2.75) is 65.3 Å². The van der Waals surface area contributed by atoms with Crippen LogP contribution in [0.15, 0.2) is 4.99 Å². The average Bonchev–Trinajstić information content (AvgIpc) is 2.27. The van der Waals surface area contributed by atoms with Crippen molar-refractivity contribution in [3.8, 4) is 0 Å². The van der Waals surface area contributed by atoms with Crippen molar-refractivity contribution in [1.29, 1.82) is 0 Å². The minimum absolute atomic E-state index is 0.0756. The molecule has 1 fully saturated rings. The Morgan fingerprint density at radius 3 is 2.40 bits per heavy atom. The smallest absolute Gasteiger partial charge is 0.116 e. The van der Waals surface area contributed by atoms with Crippen LogP contribution < -0.4 is 11.3 Å². The number of nitrogens with two attached hydrogens (primary N) is 1. The Balaban J connectivity index is 2.67. The quantitative estimate of drug-likeness (QED) is 0.326. The fraction of sp³-hybridized carbons (Fsp3) is 0.917. The van der Waals surface area contributed by atoms with Gasteiger partial charge in [-0.05, 0) is 19.3 Å². The van der Waals surface area contributed by atoms with Crippen LogP contribution in [-0.2, 0) is 0 Å². The van der Waals surface area contributed by atoms with Gasteiger partial charge in [0.25, 0.3) is 0 Å². The lowest BCUT2D eigenvalue weighted by Gasteiger charge is -2.27. The van der Waals surface area contributed by atoms with Gasteiger partial charge in [-0.15, -0.1) is 0 Å². The third-order valence-corrected chi connectivity index (χ3v) is 3.55. The van der Waals surface area contributed by atoms with Crippen LogP contribution in [0.1, 0.15) is 59.3 Å². The first kappa shape index (κ1) is 12.5. The fourth-order valence-electron chi connectivity index (χ4n) is 1.97. The average molecular weight is 211 g/mol. The molecule has 0 atom stereocenters. The van der Waals surface area contributed by atoms with Crippen LogP contribution in [0.25, 0.3) is 0 Å². The maximum atomic E-state index is 5.57. The maximum Gasteiger partial charge on any atom is 0.116 e. The number of aliphatic imine (C=N–C) groups is 1. The van der Waals surface area contributed by atoms with Gasteiger partial charge in [-0.2, -0.15) is 0 Å². The highest BCUT2D eigenvalue weighted by Crippen LogP contribution is 2.25. The van der Waals surface area contributed by atoms with Crippen molar-refractivity contribution in [3.05, 3.63) is 0 Å². The van der Waals surface area contributed by atoms with E-state index in [-0.39, 0.29) is 5.41 Å². The van der Waals surface area contributed by atoms with Crippen molar-refractivity contribution < 1.29 is 0 Å². The normalized spacial score (nSPS) is 20.4. The highest BCUT2D eigenvalue weighted by Gasteiger charge is 2.24. The second kappa shape index (κ2) is 5.50. The Morgan fingerprint density at radius 1 is 1.33 bits per heavy atom. The van der Waals surface area contributed by atoms with Crippen LogP contribution in [0, 0.1) is 5.41 Å². The number of amidine groups is 1.